The van der Waals surface area contributed by atoms with Crippen molar-refractivity contribution in [3.63, 3.8) is 0 Å². The van der Waals surface area contributed by atoms with Gasteiger partial charge in [0.2, 0.25) is 5.91 Å². The van der Waals surface area contributed by atoms with Gasteiger partial charge in [-0.1, -0.05) is 34.8 Å². The fraction of sp³-hybridized carbons (Fsp3) is 0.176. The maximum Gasteiger partial charge on any atom is 0.332 e. The van der Waals surface area contributed by atoms with Crippen molar-refractivity contribution in [1.82, 2.24) is 14.1 Å². The summed E-state index contributed by atoms with van der Waals surface area (Å²) in [6, 6.07) is 7.20. The van der Waals surface area contributed by atoms with Crippen LogP contribution in [0.25, 0.3) is 10.9 Å². The molecule has 0 unspecified atom stereocenters. The Morgan fingerprint density at radius 3 is 2.39 bits per heavy atom. The highest BCUT2D eigenvalue weighted by Gasteiger charge is 2.16. The lowest BCUT2D eigenvalue weighted by atomic mass is 10.2. The Bertz CT molecular complexity index is 1170. The number of rotatable bonds is 5. The van der Waals surface area contributed by atoms with Crippen LogP contribution in [0.2, 0.25) is 15.3 Å². The Hall–Kier alpha value is -2.39. The Kier molecular flexibility index (Phi) is 6.04. The Morgan fingerprint density at radius 1 is 1.07 bits per heavy atom. The lowest BCUT2D eigenvalue weighted by Gasteiger charge is -2.14. The first-order valence-electron chi connectivity index (χ1n) is 7.97. The van der Waals surface area contributed by atoms with Gasteiger partial charge in [-0.05, 0) is 30.3 Å². The predicted octanol–water partition coefficient (Wildman–Crippen LogP) is 2.15. The maximum atomic E-state index is 12.7. The molecule has 11 heteroatoms. The average molecular weight is 444 g/mol. The summed E-state index contributed by atoms with van der Waals surface area (Å²) >= 11 is 17.6. The molecule has 2 N–H and O–H groups in total. The van der Waals surface area contributed by atoms with Crippen LogP contribution in [0, 0.1) is 0 Å². The molecule has 28 heavy (non-hydrogen) atoms. The SMILES string of the molecule is O=C(Cn1c(=O)n(CCO)c(=O)c2cc(Cl)ccc21)Nc1cc(Cl)nc(Cl)c1. The van der Waals surface area contributed by atoms with Gasteiger partial charge < -0.3 is 10.4 Å². The van der Waals surface area contributed by atoms with Crippen LogP contribution in [0.1, 0.15) is 0 Å². The zero-order chi connectivity index (χ0) is 20.4. The molecule has 2 heterocycles. The van der Waals surface area contributed by atoms with Gasteiger partial charge in [-0.3, -0.25) is 18.7 Å². The number of nitrogens with zero attached hydrogens (tertiary/aromatic N) is 3. The van der Waals surface area contributed by atoms with Gasteiger partial charge in [0.05, 0.1) is 24.1 Å². The Balaban J connectivity index is 2.05. The molecule has 1 aromatic carbocycles. The number of amides is 1. The third-order valence-electron chi connectivity index (χ3n) is 3.86. The van der Waals surface area contributed by atoms with Crippen molar-refractivity contribution in [3.05, 3.63) is 66.5 Å². The number of hydrogen-bond donors (Lipinski definition) is 2. The second kappa shape index (κ2) is 8.32. The van der Waals surface area contributed by atoms with Crippen LogP contribution >= 0.6 is 34.8 Å². The second-order valence-corrected chi connectivity index (χ2v) is 6.97. The van der Waals surface area contributed by atoms with E-state index in [0.29, 0.717) is 10.7 Å². The molecule has 0 atom stereocenters. The molecule has 2 aromatic heterocycles. The number of anilines is 1. The van der Waals surface area contributed by atoms with E-state index in [0.717, 1.165) is 9.13 Å². The van der Waals surface area contributed by atoms with E-state index in [-0.39, 0.29) is 34.3 Å². The summed E-state index contributed by atoms with van der Waals surface area (Å²) in [6.07, 6.45) is 0. The number of pyridine rings is 1. The summed E-state index contributed by atoms with van der Waals surface area (Å²) < 4.78 is 1.98. The number of carbonyl (C=O) groups is 1. The summed E-state index contributed by atoms with van der Waals surface area (Å²) in [5.41, 5.74) is -0.774. The molecule has 0 aliphatic rings. The average Bonchev–Trinajstić information content (AvgIpc) is 2.61. The van der Waals surface area contributed by atoms with Gasteiger partial charge in [-0.2, -0.15) is 0 Å². The first-order valence-corrected chi connectivity index (χ1v) is 9.10. The number of benzene rings is 1. The number of fused-ring (bicyclic) bond motifs is 1. The first kappa shape index (κ1) is 20.3. The van der Waals surface area contributed by atoms with Crippen LogP contribution in [0.3, 0.4) is 0 Å². The van der Waals surface area contributed by atoms with E-state index in [1.54, 1.807) is 0 Å². The van der Waals surface area contributed by atoms with Gasteiger partial charge in [0.15, 0.2) is 0 Å². The van der Waals surface area contributed by atoms with E-state index in [4.69, 9.17) is 34.8 Å². The third-order valence-corrected chi connectivity index (χ3v) is 4.48. The molecule has 0 saturated heterocycles. The first-order chi connectivity index (χ1) is 13.3. The van der Waals surface area contributed by atoms with Crippen molar-refractivity contribution >= 4 is 57.3 Å². The van der Waals surface area contributed by atoms with Gasteiger partial charge in [-0.25, -0.2) is 9.78 Å². The van der Waals surface area contributed by atoms with Crippen molar-refractivity contribution in [2.24, 2.45) is 0 Å². The Morgan fingerprint density at radius 2 is 1.75 bits per heavy atom. The lowest BCUT2D eigenvalue weighted by Crippen LogP contribution is -2.42. The molecule has 0 aliphatic carbocycles. The van der Waals surface area contributed by atoms with Crippen molar-refractivity contribution < 1.29 is 9.90 Å². The van der Waals surface area contributed by atoms with Crippen molar-refractivity contribution in [3.8, 4) is 0 Å². The molecule has 0 bridgehead atoms. The van der Waals surface area contributed by atoms with Crippen molar-refractivity contribution in [2.75, 3.05) is 11.9 Å². The highest BCUT2D eigenvalue weighted by atomic mass is 35.5. The number of aliphatic hydroxyl groups excluding tert-OH is 1. The molecular formula is C17H13Cl3N4O4. The van der Waals surface area contributed by atoms with Crippen LogP contribution in [0.15, 0.2) is 39.9 Å². The number of hydrogen-bond acceptors (Lipinski definition) is 5. The van der Waals surface area contributed by atoms with E-state index in [9.17, 15) is 19.5 Å². The second-order valence-electron chi connectivity index (χ2n) is 5.76. The van der Waals surface area contributed by atoms with E-state index in [2.05, 4.69) is 10.3 Å². The monoisotopic (exact) mass is 442 g/mol. The van der Waals surface area contributed by atoms with Crippen LogP contribution in [0.4, 0.5) is 5.69 Å². The van der Waals surface area contributed by atoms with Gasteiger partial charge >= 0.3 is 5.69 Å². The molecule has 8 nitrogen and oxygen atoms in total. The molecule has 0 radical (unpaired) electrons. The molecule has 0 aliphatic heterocycles. The maximum absolute atomic E-state index is 12.7. The fourth-order valence-corrected chi connectivity index (χ4v) is 3.36. The minimum absolute atomic E-state index is 0.0940. The number of nitrogens with one attached hydrogen (secondary N) is 1. The molecule has 0 spiro atoms. The van der Waals surface area contributed by atoms with E-state index >= 15 is 0 Å². The lowest BCUT2D eigenvalue weighted by molar-refractivity contribution is -0.116. The van der Waals surface area contributed by atoms with Crippen molar-refractivity contribution in [2.45, 2.75) is 13.1 Å². The summed E-state index contributed by atoms with van der Waals surface area (Å²) in [5.74, 6) is -0.550. The number of aliphatic hydroxyl groups is 1. The van der Waals surface area contributed by atoms with Gasteiger partial charge in [-0.15, -0.1) is 0 Å². The van der Waals surface area contributed by atoms with Gasteiger partial charge in [0, 0.05) is 10.7 Å². The third kappa shape index (κ3) is 4.20. The van der Waals surface area contributed by atoms with Gasteiger partial charge in [0.25, 0.3) is 5.56 Å². The molecule has 1 amide bonds. The van der Waals surface area contributed by atoms with Crippen LogP contribution in [0.5, 0.6) is 0 Å². The standard InChI is InChI=1S/C17H13Cl3N4O4/c18-9-1-2-12-11(5-9)16(27)23(3-4-25)17(28)24(12)8-15(26)21-10-6-13(19)22-14(20)7-10/h1-2,5-7,25H,3-4,8H2,(H,21,22,26). The zero-order valence-corrected chi connectivity index (χ0v) is 16.4. The largest absolute Gasteiger partial charge is 0.395 e. The molecular weight excluding hydrogens is 431 g/mol. The predicted molar refractivity (Wildman–Crippen MR) is 107 cm³/mol. The summed E-state index contributed by atoms with van der Waals surface area (Å²) in [7, 11) is 0. The highest BCUT2D eigenvalue weighted by molar-refractivity contribution is 6.33. The summed E-state index contributed by atoms with van der Waals surface area (Å²) in [6.45, 7) is -1.01. The van der Waals surface area contributed by atoms with E-state index in [1.807, 2.05) is 0 Å². The minimum Gasteiger partial charge on any atom is -0.395 e. The zero-order valence-electron chi connectivity index (χ0n) is 14.2. The normalized spacial score (nSPS) is 11.0. The molecule has 0 saturated carbocycles. The Labute approximate surface area is 172 Å². The van der Waals surface area contributed by atoms with Crippen LogP contribution in [-0.2, 0) is 17.9 Å². The fourth-order valence-electron chi connectivity index (χ4n) is 2.73. The number of halogens is 3. The summed E-state index contributed by atoms with van der Waals surface area (Å²) in [4.78, 5) is 41.5. The molecule has 146 valence electrons. The molecule has 3 aromatic rings. The quantitative estimate of drug-likeness (QED) is 0.588. The number of aromatic nitrogens is 3. The molecule has 3 rings (SSSR count). The highest BCUT2D eigenvalue weighted by Crippen LogP contribution is 2.19. The van der Waals surface area contributed by atoms with Gasteiger partial charge in [0.1, 0.15) is 16.9 Å². The van der Waals surface area contributed by atoms with E-state index in [1.165, 1.54) is 30.3 Å². The summed E-state index contributed by atoms with van der Waals surface area (Å²) in [5, 5.41) is 12.4. The van der Waals surface area contributed by atoms with Crippen LogP contribution < -0.4 is 16.6 Å². The topological polar surface area (TPSA) is 106 Å². The number of carbonyl (C=O) groups excluding carboxylic acids is 1. The molecule has 0 fully saturated rings. The van der Waals surface area contributed by atoms with E-state index < -0.39 is 23.8 Å². The van der Waals surface area contributed by atoms with Crippen LogP contribution in [-0.4, -0.2) is 31.7 Å². The van der Waals surface area contributed by atoms with Crippen molar-refractivity contribution in [1.29, 1.82) is 0 Å². The minimum atomic E-state index is -0.727. The smallest absolute Gasteiger partial charge is 0.332 e.